The maximum absolute atomic E-state index is 15.7. The molecule has 0 radical (unpaired) electrons. The largest absolute Gasteiger partial charge is 2.00 e. The van der Waals surface area contributed by atoms with Crippen LogP contribution in [-0.2, 0) is 17.1 Å². The van der Waals surface area contributed by atoms with Crippen LogP contribution in [0.1, 0.15) is 22.8 Å². The van der Waals surface area contributed by atoms with E-state index in [9.17, 15) is 13.2 Å². The summed E-state index contributed by atoms with van der Waals surface area (Å²) in [7, 11) is 0. The Hall–Kier alpha value is -6.35. The van der Waals surface area contributed by atoms with E-state index in [4.69, 9.17) is 19.9 Å². The van der Waals surface area contributed by atoms with Gasteiger partial charge in [0.15, 0.2) is 23.3 Å². The molecule has 262 valence electrons. The zero-order valence-corrected chi connectivity index (χ0v) is 28.9. The van der Waals surface area contributed by atoms with Gasteiger partial charge in [-0.2, -0.15) is 0 Å². The van der Waals surface area contributed by atoms with Crippen LogP contribution in [0.4, 0.5) is 22.0 Å². The van der Waals surface area contributed by atoms with Crippen molar-refractivity contribution in [2.24, 2.45) is 0 Å². The van der Waals surface area contributed by atoms with Crippen LogP contribution in [0.2, 0.25) is 0 Å². The van der Waals surface area contributed by atoms with Crippen LogP contribution >= 0.6 is 0 Å². The number of hydrogen-bond acceptors (Lipinski definition) is 2. The minimum atomic E-state index is -2.26. The van der Waals surface area contributed by atoms with E-state index in [0.717, 1.165) is 22.3 Å². The van der Waals surface area contributed by atoms with Gasteiger partial charge in [-0.3, -0.25) is 0 Å². The molecule has 10 heteroatoms. The van der Waals surface area contributed by atoms with Gasteiger partial charge in [0.05, 0.1) is 28.3 Å². The minimum Gasteiger partial charge on any atom is -0.657 e. The fourth-order valence-corrected chi connectivity index (χ4v) is 6.87. The fraction of sp³-hybridized carbons (Fsp3) is 0. The Balaban J connectivity index is 0.00000413. The van der Waals surface area contributed by atoms with Crippen LogP contribution in [0.3, 0.4) is 0 Å². The zero-order valence-electron chi connectivity index (χ0n) is 27.8. The van der Waals surface area contributed by atoms with Crippen molar-refractivity contribution in [3.63, 3.8) is 0 Å². The first kappa shape index (κ1) is 34.7. The second-order valence-electron chi connectivity index (χ2n) is 12.4. The van der Waals surface area contributed by atoms with Crippen molar-refractivity contribution in [3.8, 4) is 44.5 Å². The number of nitrogens with zero attached hydrogens (tertiary/aromatic N) is 4. The number of aromatic nitrogens is 4. The van der Waals surface area contributed by atoms with Crippen molar-refractivity contribution in [1.29, 1.82) is 0 Å². The average Bonchev–Trinajstić information content (AvgIpc) is 4.04. The normalized spacial score (nSPS) is 11.9. The number of rotatable bonds is 4. The number of fused-ring (bicyclic) bond motifs is 8. The fourth-order valence-electron chi connectivity index (χ4n) is 6.87. The van der Waals surface area contributed by atoms with Crippen LogP contribution in [0, 0.1) is 29.1 Å². The van der Waals surface area contributed by atoms with E-state index in [1.165, 1.54) is 12.1 Å². The third-order valence-corrected chi connectivity index (χ3v) is 9.26. The quantitative estimate of drug-likeness (QED) is 0.0776. The van der Waals surface area contributed by atoms with Gasteiger partial charge in [0.2, 0.25) is 5.82 Å². The first-order chi connectivity index (χ1) is 25.9. The molecular weight excluding hydrogens is 735 g/mol. The second kappa shape index (κ2) is 13.9. The summed E-state index contributed by atoms with van der Waals surface area (Å²) in [6.07, 6.45) is 6.87. The summed E-state index contributed by atoms with van der Waals surface area (Å²) in [6.45, 7) is 0. The van der Waals surface area contributed by atoms with E-state index in [-0.39, 0.29) is 33.8 Å². The third-order valence-electron chi connectivity index (χ3n) is 9.26. The van der Waals surface area contributed by atoms with E-state index in [2.05, 4.69) is 0 Å². The van der Waals surface area contributed by atoms with E-state index < -0.39 is 34.6 Å². The smallest absolute Gasteiger partial charge is 0.657 e. The molecule has 0 unspecified atom stereocenters. The van der Waals surface area contributed by atoms with Gasteiger partial charge in [0.1, 0.15) is 0 Å². The summed E-state index contributed by atoms with van der Waals surface area (Å²) in [5, 5.41) is 0. The van der Waals surface area contributed by atoms with E-state index in [1.807, 2.05) is 115 Å². The molecule has 0 saturated carbocycles. The molecule has 54 heavy (non-hydrogen) atoms. The predicted molar refractivity (Wildman–Crippen MR) is 198 cm³/mol. The van der Waals surface area contributed by atoms with Crippen molar-refractivity contribution < 1.29 is 39.0 Å². The first-order valence-electron chi connectivity index (χ1n) is 16.6. The maximum atomic E-state index is 15.7. The molecule has 3 aromatic heterocycles. The third kappa shape index (κ3) is 5.76. The Morgan fingerprint density at radius 3 is 0.926 bits per heavy atom. The van der Waals surface area contributed by atoms with Gasteiger partial charge in [0.25, 0.3) is 0 Å². The molecule has 0 aliphatic carbocycles. The summed E-state index contributed by atoms with van der Waals surface area (Å²) in [4.78, 5) is 19.8. The van der Waals surface area contributed by atoms with Gasteiger partial charge in [-0.25, -0.2) is 31.9 Å². The van der Waals surface area contributed by atoms with Crippen LogP contribution < -0.4 is 9.97 Å². The van der Waals surface area contributed by atoms with Gasteiger partial charge in [0, 0.05) is 0 Å². The van der Waals surface area contributed by atoms with E-state index in [1.54, 1.807) is 12.1 Å². The van der Waals surface area contributed by atoms with Crippen LogP contribution in [0.25, 0.3) is 90.9 Å². The van der Waals surface area contributed by atoms with Crippen molar-refractivity contribution in [2.75, 3.05) is 0 Å². The Morgan fingerprint density at radius 2 is 0.593 bits per heavy atom. The number of halogens is 5. The van der Waals surface area contributed by atoms with Crippen LogP contribution in [-0.4, -0.2) is 9.97 Å². The zero-order chi connectivity index (χ0) is 36.2. The molecule has 5 heterocycles. The van der Waals surface area contributed by atoms with Crippen molar-refractivity contribution in [3.05, 3.63) is 167 Å². The molecule has 7 aromatic rings. The van der Waals surface area contributed by atoms with E-state index >= 15 is 8.78 Å². The molecule has 0 N–H and O–H groups in total. The number of benzene rings is 4. The summed E-state index contributed by atoms with van der Waals surface area (Å²) in [5.41, 5.74) is 5.87. The molecule has 4 aromatic carbocycles. The monoisotopic (exact) mass is 758 g/mol. The Morgan fingerprint density at radius 1 is 0.315 bits per heavy atom. The first-order valence-corrected chi connectivity index (χ1v) is 16.6. The molecule has 0 amide bonds. The summed E-state index contributed by atoms with van der Waals surface area (Å²) >= 11 is 0. The van der Waals surface area contributed by atoms with Gasteiger partial charge >= 0.3 is 17.1 Å². The molecule has 0 fully saturated rings. The predicted octanol–water partition coefficient (Wildman–Crippen LogP) is 11.3. The molecule has 2 aliphatic rings. The number of hydrogen-bond donors (Lipinski definition) is 0. The molecule has 9 rings (SSSR count). The summed E-state index contributed by atoms with van der Waals surface area (Å²) < 4.78 is 75.5. The van der Waals surface area contributed by atoms with Crippen molar-refractivity contribution >= 4 is 46.4 Å². The Labute approximate surface area is 315 Å². The minimum absolute atomic E-state index is 0. The SMILES string of the molecule is Fc1c(F)c(F)c(-c2c3nc(c(-c4ccccc4)c4ccc([n-]4)c(-c4ccccc4)c4nc(c(-c5ccccc5)c5ccc2[n-]5)C=C4)C=C3)c(F)c1F.[Fe+2]. The molecule has 0 saturated heterocycles. The van der Waals surface area contributed by atoms with Gasteiger partial charge in [-0.15, -0.1) is 22.1 Å². The van der Waals surface area contributed by atoms with Crippen molar-refractivity contribution in [2.45, 2.75) is 0 Å². The van der Waals surface area contributed by atoms with Crippen LogP contribution in [0.15, 0.2) is 115 Å². The van der Waals surface area contributed by atoms with E-state index in [0.29, 0.717) is 44.8 Å². The molecular formula is C44H23F5FeN4. The molecule has 0 spiro atoms. The molecule has 4 nitrogen and oxygen atoms in total. The second-order valence-corrected chi connectivity index (χ2v) is 12.4. The Kier molecular flexibility index (Phi) is 8.93. The summed E-state index contributed by atoms with van der Waals surface area (Å²) in [6, 6.07) is 35.3. The summed E-state index contributed by atoms with van der Waals surface area (Å²) in [5.74, 6) is -10.4. The van der Waals surface area contributed by atoms with Gasteiger partial charge < -0.3 is 9.97 Å². The van der Waals surface area contributed by atoms with Gasteiger partial charge in [-0.05, 0) is 63.2 Å². The average molecular weight is 759 g/mol. The molecule has 8 bridgehead atoms. The Bertz CT molecular complexity index is 2760. The van der Waals surface area contributed by atoms with Crippen LogP contribution in [0.5, 0.6) is 0 Å². The van der Waals surface area contributed by atoms with Crippen molar-refractivity contribution in [1.82, 2.24) is 19.9 Å². The maximum Gasteiger partial charge on any atom is 2.00 e. The molecule has 0 atom stereocenters. The molecule has 2 aliphatic heterocycles. The standard InChI is InChI=1S/C44H23F5N4.Fe/c45-40-39(41(46)43(48)44(49)42(40)47)38-33-22-20-31(52-33)36(25-12-6-2-7-13-25)29-18-16-27(50-29)35(24-10-4-1-5-11-24)28-17-19-30(51-28)37(26-14-8-3-9-15-26)32-21-23-34(38)53-32;/h1-23H;/q-2;+2. The topological polar surface area (TPSA) is 54.0 Å². The van der Waals surface area contributed by atoms with Gasteiger partial charge in [-0.1, -0.05) is 115 Å².